The van der Waals surface area contributed by atoms with Crippen molar-refractivity contribution in [1.29, 1.82) is 0 Å². The molecular weight excluding hydrogens is 615 g/mol. The van der Waals surface area contributed by atoms with Gasteiger partial charge in [0.1, 0.15) is 23.8 Å². The van der Waals surface area contributed by atoms with E-state index in [1.54, 1.807) is 49.3 Å². The second-order valence-corrected chi connectivity index (χ2v) is 16.1. The molecule has 3 rings (SSSR count). The van der Waals surface area contributed by atoms with E-state index in [-0.39, 0.29) is 49.0 Å². The summed E-state index contributed by atoms with van der Waals surface area (Å²) in [5.74, 6) is -0.147. The van der Waals surface area contributed by atoms with Crippen LogP contribution in [0, 0.1) is 5.92 Å². The van der Waals surface area contributed by atoms with E-state index < -0.39 is 23.2 Å². The molecule has 2 aliphatic rings. The van der Waals surface area contributed by atoms with E-state index >= 15 is 0 Å². The summed E-state index contributed by atoms with van der Waals surface area (Å²) in [6.45, 7) is 14.7. The second kappa shape index (κ2) is 17.0. The van der Waals surface area contributed by atoms with Gasteiger partial charge < -0.3 is 24.0 Å². The molecule has 10 nitrogen and oxygen atoms in total. The van der Waals surface area contributed by atoms with Crippen LogP contribution in [0.3, 0.4) is 0 Å². The number of nitrogens with one attached hydrogen (secondary N) is 1. The number of amides is 2. The third kappa shape index (κ3) is 12.8. The van der Waals surface area contributed by atoms with Crippen LogP contribution >= 0.6 is 23.1 Å². The van der Waals surface area contributed by atoms with E-state index in [9.17, 15) is 19.2 Å². The van der Waals surface area contributed by atoms with E-state index in [0.717, 1.165) is 37.0 Å². The van der Waals surface area contributed by atoms with Crippen molar-refractivity contribution in [3.8, 4) is 0 Å². The first kappa shape index (κ1) is 37.2. The van der Waals surface area contributed by atoms with Gasteiger partial charge in [0.15, 0.2) is 0 Å². The number of nitrogens with zero attached hydrogens (tertiary/aromatic N) is 2. The largest absolute Gasteiger partial charge is 0.465 e. The number of likely N-dealkylation sites (tertiary alicyclic amines) is 1. The first-order valence-corrected chi connectivity index (χ1v) is 18.1. The van der Waals surface area contributed by atoms with Crippen LogP contribution in [0.2, 0.25) is 0 Å². The van der Waals surface area contributed by atoms with Crippen molar-refractivity contribution >= 4 is 47.0 Å². The third-order valence-electron chi connectivity index (χ3n) is 7.67. The Bertz CT molecular complexity index is 1110. The summed E-state index contributed by atoms with van der Waals surface area (Å²) in [6, 6.07) is 3.36. The molecule has 0 bridgehead atoms. The number of rotatable bonds is 12. The molecule has 3 heterocycles. The summed E-state index contributed by atoms with van der Waals surface area (Å²) in [7, 11) is 0. The van der Waals surface area contributed by atoms with Crippen LogP contribution in [0.5, 0.6) is 0 Å². The molecular formula is C33H53N3O7S2. The number of piperidine rings is 1. The molecule has 3 atom stereocenters. The average Bonchev–Trinajstić information content (AvgIpc) is 3.42. The molecule has 2 amide bonds. The maximum absolute atomic E-state index is 13.7. The van der Waals surface area contributed by atoms with Gasteiger partial charge in [0.05, 0.1) is 17.9 Å². The zero-order valence-electron chi connectivity index (χ0n) is 28.1. The highest BCUT2D eigenvalue weighted by Crippen LogP contribution is 2.32. The smallest absolute Gasteiger partial charge is 0.410 e. The number of thiophene rings is 1. The van der Waals surface area contributed by atoms with Crippen molar-refractivity contribution in [3.05, 3.63) is 22.4 Å². The Morgan fingerprint density at radius 3 is 2.33 bits per heavy atom. The van der Waals surface area contributed by atoms with Gasteiger partial charge in [-0.3, -0.25) is 19.7 Å². The molecule has 12 heteroatoms. The highest BCUT2D eigenvalue weighted by atomic mass is 32.2. The number of ether oxygens (including phenoxy) is 3. The normalized spacial score (nSPS) is 20.8. The molecule has 1 aromatic heterocycles. The van der Waals surface area contributed by atoms with E-state index in [1.165, 1.54) is 11.3 Å². The fourth-order valence-electron chi connectivity index (χ4n) is 5.56. The van der Waals surface area contributed by atoms with Gasteiger partial charge in [-0.1, -0.05) is 25.3 Å². The van der Waals surface area contributed by atoms with Crippen LogP contribution in [0.4, 0.5) is 4.79 Å². The van der Waals surface area contributed by atoms with Crippen molar-refractivity contribution in [2.75, 3.05) is 38.5 Å². The van der Waals surface area contributed by atoms with Crippen LogP contribution < -0.4 is 5.32 Å². The number of carbonyl (C=O) groups is 4. The van der Waals surface area contributed by atoms with Crippen molar-refractivity contribution < 1.29 is 33.4 Å². The summed E-state index contributed by atoms with van der Waals surface area (Å²) < 4.78 is 16.5. The number of hydrogen-bond donors (Lipinski definition) is 1. The molecule has 0 saturated carbocycles. The molecule has 254 valence electrons. The Hall–Kier alpha value is -2.31. The van der Waals surface area contributed by atoms with Crippen LogP contribution in [0.15, 0.2) is 17.5 Å². The molecule has 2 saturated heterocycles. The molecule has 1 N–H and O–H groups in total. The fraction of sp³-hybridized carbons (Fsp3) is 0.758. The number of hydrogen-bond acceptors (Lipinski definition) is 10. The monoisotopic (exact) mass is 667 g/mol. The molecule has 0 aliphatic carbocycles. The summed E-state index contributed by atoms with van der Waals surface area (Å²) in [4.78, 5) is 56.2. The van der Waals surface area contributed by atoms with Gasteiger partial charge in [0, 0.05) is 30.3 Å². The average molecular weight is 668 g/mol. The fourth-order valence-corrected chi connectivity index (χ4v) is 7.78. The van der Waals surface area contributed by atoms with Crippen LogP contribution in [-0.2, 0) is 28.6 Å². The van der Waals surface area contributed by atoms with E-state index in [1.807, 2.05) is 38.3 Å². The molecule has 0 unspecified atom stereocenters. The highest BCUT2D eigenvalue weighted by molar-refractivity contribution is 8.00. The van der Waals surface area contributed by atoms with Gasteiger partial charge in [-0.2, -0.15) is 0 Å². The van der Waals surface area contributed by atoms with Gasteiger partial charge in [0.2, 0.25) is 5.91 Å². The SMILES string of the molecule is CCOC(=O)[C@H](CCCCC1CCN(C(=O)OC(C)(C)C)CC1)N[C@@H]1CN(CC(=O)OC(C)(C)C)C(=O)[C@@H](c2cccs2)CS1. The first-order chi connectivity index (χ1) is 21.1. The molecule has 0 spiro atoms. The lowest BCUT2D eigenvalue weighted by molar-refractivity contribution is -0.159. The van der Waals surface area contributed by atoms with Gasteiger partial charge in [0.25, 0.3) is 0 Å². The number of thioether (sulfide) groups is 1. The van der Waals surface area contributed by atoms with Crippen LogP contribution in [0.1, 0.15) is 97.8 Å². The van der Waals surface area contributed by atoms with Gasteiger partial charge in [-0.25, -0.2) is 4.79 Å². The Balaban J connectivity index is 1.57. The minimum Gasteiger partial charge on any atom is -0.465 e. The van der Waals surface area contributed by atoms with Gasteiger partial charge >= 0.3 is 18.0 Å². The number of esters is 2. The quantitative estimate of drug-likeness (QED) is 0.168. The third-order valence-corrected chi connectivity index (χ3v) is 9.87. The highest BCUT2D eigenvalue weighted by Gasteiger charge is 2.36. The molecule has 1 aromatic rings. The summed E-state index contributed by atoms with van der Waals surface area (Å²) in [5.41, 5.74) is -1.15. The topological polar surface area (TPSA) is 114 Å². The molecule has 0 aromatic carbocycles. The minimum atomic E-state index is -0.657. The Morgan fingerprint density at radius 1 is 1.04 bits per heavy atom. The molecule has 2 fully saturated rings. The van der Waals surface area contributed by atoms with Crippen LogP contribution in [-0.4, -0.2) is 94.9 Å². The van der Waals surface area contributed by atoms with Gasteiger partial charge in [-0.15, -0.1) is 23.1 Å². The predicted octanol–water partition coefficient (Wildman–Crippen LogP) is 5.80. The standard InChI is InChI=1S/C33H53N3O7S2/c1-8-41-30(39)25(13-10-9-12-23-15-17-35(18-16-23)31(40)43-33(5,6)7)34-27-20-36(21-28(37)42-32(2,3)4)29(38)24(22-45-27)26-14-11-19-44-26/h11,14,19,23-25,27,34H,8-10,12-13,15-18,20-22H2,1-7H3/t24-,25+,27+/m1/s1. The van der Waals surface area contributed by atoms with E-state index in [2.05, 4.69) is 5.32 Å². The Labute approximate surface area is 277 Å². The maximum Gasteiger partial charge on any atom is 0.410 e. The van der Waals surface area contributed by atoms with Crippen molar-refractivity contribution in [1.82, 2.24) is 15.1 Å². The minimum absolute atomic E-state index is 0.106. The summed E-state index contributed by atoms with van der Waals surface area (Å²) in [5, 5.41) is 5.18. The van der Waals surface area contributed by atoms with Crippen molar-refractivity contribution in [2.45, 2.75) is 116 Å². The van der Waals surface area contributed by atoms with Crippen molar-refractivity contribution in [2.24, 2.45) is 5.92 Å². The van der Waals surface area contributed by atoms with E-state index in [4.69, 9.17) is 14.2 Å². The lowest BCUT2D eigenvalue weighted by Crippen LogP contribution is -2.49. The summed E-state index contributed by atoms with van der Waals surface area (Å²) in [6.07, 6.45) is 5.12. The zero-order chi connectivity index (χ0) is 33.2. The predicted molar refractivity (Wildman–Crippen MR) is 178 cm³/mol. The second-order valence-electron chi connectivity index (χ2n) is 13.9. The Morgan fingerprint density at radius 2 is 1.73 bits per heavy atom. The molecule has 0 radical (unpaired) electrons. The molecule has 45 heavy (non-hydrogen) atoms. The number of carbonyl (C=O) groups excluding carboxylic acids is 4. The Kier molecular flexibility index (Phi) is 14.0. The van der Waals surface area contributed by atoms with Crippen molar-refractivity contribution in [3.63, 3.8) is 0 Å². The zero-order valence-corrected chi connectivity index (χ0v) is 29.7. The lowest BCUT2D eigenvalue weighted by atomic mass is 9.91. The van der Waals surface area contributed by atoms with E-state index in [0.29, 0.717) is 31.2 Å². The van der Waals surface area contributed by atoms with Gasteiger partial charge in [-0.05, 0) is 85.1 Å². The number of unbranched alkanes of at least 4 members (excludes halogenated alkanes) is 1. The molecule has 2 aliphatic heterocycles. The van der Waals surface area contributed by atoms with Crippen LogP contribution in [0.25, 0.3) is 0 Å². The maximum atomic E-state index is 13.7. The lowest BCUT2D eigenvalue weighted by Gasteiger charge is -2.33. The summed E-state index contributed by atoms with van der Waals surface area (Å²) >= 11 is 3.13. The first-order valence-electron chi connectivity index (χ1n) is 16.2.